The largest absolute Gasteiger partial charge is 0.332 e. The van der Waals surface area contributed by atoms with Crippen LogP contribution in [0.1, 0.15) is 0 Å². The molecule has 0 amide bonds. The molecule has 0 aliphatic carbocycles. The van der Waals surface area contributed by atoms with Crippen molar-refractivity contribution in [3.63, 3.8) is 0 Å². The monoisotopic (exact) mass is 146 g/mol. The minimum absolute atomic E-state index is 1.07. The van der Waals surface area contributed by atoms with E-state index in [0.717, 1.165) is 0 Å². The van der Waals surface area contributed by atoms with Crippen LogP contribution in [-0.4, -0.2) is 18.6 Å². The van der Waals surface area contributed by atoms with Crippen molar-refractivity contribution in [2.75, 3.05) is 7.11 Å². The standard InChI is InChI=1S/C5H7ClN2O/c1-9-5(6)7-3-2-4-8-5/h2-4,7H,1H3. The van der Waals surface area contributed by atoms with Crippen molar-refractivity contribution in [3.05, 3.63) is 12.3 Å². The third-order valence-corrected chi connectivity index (χ3v) is 1.32. The van der Waals surface area contributed by atoms with Crippen molar-refractivity contribution in [1.82, 2.24) is 5.32 Å². The van der Waals surface area contributed by atoms with Gasteiger partial charge in [-0.2, -0.15) is 0 Å². The van der Waals surface area contributed by atoms with E-state index in [1.54, 1.807) is 18.5 Å². The molecule has 0 bridgehead atoms. The van der Waals surface area contributed by atoms with Gasteiger partial charge in [-0.3, -0.25) is 0 Å². The third kappa shape index (κ3) is 1.43. The average Bonchev–Trinajstić information content (AvgIpc) is 1.90. The normalized spacial score (nSPS) is 32.2. The fourth-order valence-corrected chi connectivity index (χ4v) is 0.601. The van der Waals surface area contributed by atoms with Crippen LogP contribution < -0.4 is 5.32 Å². The Morgan fingerprint density at radius 3 is 2.89 bits per heavy atom. The van der Waals surface area contributed by atoms with Gasteiger partial charge in [-0.15, -0.1) is 0 Å². The second-order valence-electron chi connectivity index (χ2n) is 1.55. The first kappa shape index (κ1) is 6.58. The maximum Gasteiger partial charge on any atom is 0.319 e. The van der Waals surface area contributed by atoms with Crippen LogP contribution in [0.25, 0.3) is 0 Å². The Balaban J connectivity index is 2.63. The van der Waals surface area contributed by atoms with Gasteiger partial charge in [-0.25, -0.2) is 4.99 Å². The minimum atomic E-state index is -1.07. The van der Waals surface area contributed by atoms with E-state index in [4.69, 9.17) is 16.3 Å². The third-order valence-electron chi connectivity index (χ3n) is 0.955. The molecule has 0 aromatic carbocycles. The van der Waals surface area contributed by atoms with Crippen molar-refractivity contribution in [1.29, 1.82) is 0 Å². The molecule has 1 aliphatic rings. The molecule has 0 radical (unpaired) electrons. The molecule has 0 aromatic heterocycles. The number of alkyl halides is 1. The van der Waals surface area contributed by atoms with E-state index < -0.39 is 5.31 Å². The number of ether oxygens (including phenoxy) is 1. The quantitative estimate of drug-likeness (QED) is 0.436. The Kier molecular flexibility index (Phi) is 1.73. The lowest BCUT2D eigenvalue weighted by Gasteiger charge is -2.21. The van der Waals surface area contributed by atoms with Crippen LogP contribution in [0.4, 0.5) is 0 Å². The Morgan fingerprint density at radius 2 is 2.56 bits per heavy atom. The summed E-state index contributed by atoms with van der Waals surface area (Å²) in [6.45, 7) is 0. The first-order chi connectivity index (χ1) is 4.27. The van der Waals surface area contributed by atoms with Gasteiger partial charge in [0.25, 0.3) is 0 Å². The van der Waals surface area contributed by atoms with Crippen molar-refractivity contribution in [2.24, 2.45) is 4.99 Å². The van der Waals surface area contributed by atoms with Crippen LogP contribution in [0.5, 0.6) is 0 Å². The zero-order valence-electron chi connectivity index (χ0n) is 4.97. The summed E-state index contributed by atoms with van der Waals surface area (Å²) in [6.07, 6.45) is 4.98. The molecule has 0 aromatic rings. The summed E-state index contributed by atoms with van der Waals surface area (Å²) in [7, 11) is 1.48. The molecular formula is C5H7ClN2O. The van der Waals surface area contributed by atoms with Gasteiger partial charge in [0.05, 0.1) is 0 Å². The van der Waals surface area contributed by atoms with Crippen LogP contribution in [0.2, 0.25) is 0 Å². The number of nitrogens with one attached hydrogen (secondary N) is 1. The van der Waals surface area contributed by atoms with E-state index >= 15 is 0 Å². The molecule has 1 aliphatic heterocycles. The second kappa shape index (κ2) is 2.37. The van der Waals surface area contributed by atoms with Gasteiger partial charge in [0, 0.05) is 19.5 Å². The predicted molar refractivity (Wildman–Crippen MR) is 36.4 cm³/mol. The number of rotatable bonds is 1. The maximum absolute atomic E-state index is 5.68. The Labute approximate surface area is 58.4 Å². The van der Waals surface area contributed by atoms with Gasteiger partial charge >= 0.3 is 5.31 Å². The van der Waals surface area contributed by atoms with E-state index in [1.807, 2.05) is 0 Å². The molecule has 0 saturated carbocycles. The van der Waals surface area contributed by atoms with Crippen LogP contribution >= 0.6 is 11.6 Å². The van der Waals surface area contributed by atoms with Gasteiger partial charge < -0.3 is 10.1 Å². The molecule has 50 valence electrons. The molecule has 4 heteroatoms. The van der Waals surface area contributed by atoms with Crippen molar-refractivity contribution < 1.29 is 4.74 Å². The number of allylic oxidation sites excluding steroid dienone is 1. The fraction of sp³-hybridized carbons (Fsp3) is 0.400. The molecule has 1 heterocycles. The molecule has 9 heavy (non-hydrogen) atoms. The first-order valence-corrected chi connectivity index (χ1v) is 2.87. The summed E-state index contributed by atoms with van der Waals surface area (Å²) in [4.78, 5) is 3.80. The van der Waals surface area contributed by atoms with E-state index in [-0.39, 0.29) is 0 Å². The number of aliphatic imine (C=N–C) groups is 1. The number of nitrogens with zero attached hydrogens (tertiary/aromatic N) is 1. The summed E-state index contributed by atoms with van der Waals surface area (Å²) in [5.41, 5.74) is 0. The highest BCUT2D eigenvalue weighted by molar-refractivity contribution is 6.23. The average molecular weight is 147 g/mol. The predicted octanol–water partition coefficient (Wildman–Crippen LogP) is 0.671. The molecular weight excluding hydrogens is 140 g/mol. The highest BCUT2D eigenvalue weighted by atomic mass is 35.5. The number of hydrogen-bond acceptors (Lipinski definition) is 3. The molecule has 0 saturated heterocycles. The van der Waals surface area contributed by atoms with Gasteiger partial charge in [-0.05, 0) is 17.7 Å². The van der Waals surface area contributed by atoms with Gasteiger partial charge in [0.1, 0.15) is 0 Å². The van der Waals surface area contributed by atoms with E-state index in [2.05, 4.69) is 10.3 Å². The van der Waals surface area contributed by atoms with Crippen LogP contribution in [0, 0.1) is 0 Å². The SMILES string of the molecule is COC1(Cl)N=CC=CN1. The Hall–Kier alpha value is -0.540. The highest BCUT2D eigenvalue weighted by Crippen LogP contribution is 2.14. The summed E-state index contributed by atoms with van der Waals surface area (Å²) < 4.78 is 4.78. The zero-order chi connectivity index (χ0) is 6.74. The number of methoxy groups -OCH3 is 1. The molecule has 3 nitrogen and oxygen atoms in total. The minimum Gasteiger partial charge on any atom is -0.332 e. The second-order valence-corrected chi connectivity index (χ2v) is 2.06. The topological polar surface area (TPSA) is 33.6 Å². The smallest absolute Gasteiger partial charge is 0.319 e. The highest BCUT2D eigenvalue weighted by Gasteiger charge is 2.23. The van der Waals surface area contributed by atoms with Crippen molar-refractivity contribution in [2.45, 2.75) is 5.31 Å². The van der Waals surface area contributed by atoms with E-state index in [0.29, 0.717) is 0 Å². The van der Waals surface area contributed by atoms with Crippen LogP contribution in [0.3, 0.4) is 0 Å². The van der Waals surface area contributed by atoms with Crippen molar-refractivity contribution >= 4 is 17.8 Å². The lowest BCUT2D eigenvalue weighted by atomic mass is 10.6. The van der Waals surface area contributed by atoms with Gasteiger partial charge in [0.2, 0.25) is 0 Å². The Bertz CT molecular complexity index is 157. The van der Waals surface area contributed by atoms with E-state index in [9.17, 15) is 0 Å². The molecule has 0 spiro atoms. The lowest BCUT2D eigenvalue weighted by molar-refractivity contribution is 0.0536. The number of hydrogen-bond donors (Lipinski definition) is 1. The summed E-state index contributed by atoms with van der Waals surface area (Å²) in [5, 5.41) is 1.64. The summed E-state index contributed by atoms with van der Waals surface area (Å²) in [6, 6.07) is 0. The first-order valence-electron chi connectivity index (χ1n) is 2.49. The zero-order valence-corrected chi connectivity index (χ0v) is 5.72. The van der Waals surface area contributed by atoms with Crippen molar-refractivity contribution in [3.8, 4) is 0 Å². The lowest BCUT2D eigenvalue weighted by Crippen LogP contribution is -2.37. The van der Waals surface area contributed by atoms with Crippen LogP contribution in [0.15, 0.2) is 17.3 Å². The fourth-order valence-electron chi connectivity index (χ4n) is 0.482. The summed E-state index contributed by atoms with van der Waals surface area (Å²) in [5.74, 6) is 0. The molecule has 0 fully saturated rings. The molecule has 1 rings (SSSR count). The van der Waals surface area contributed by atoms with Gasteiger partial charge in [-0.1, -0.05) is 0 Å². The molecule has 1 atom stereocenters. The maximum atomic E-state index is 5.68. The molecule has 1 N–H and O–H groups in total. The molecule has 1 unspecified atom stereocenters. The number of halogens is 1. The van der Waals surface area contributed by atoms with Crippen LogP contribution in [-0.2, 0) is 4.74 Å². The summed E-state index contributed by atoms with van der Waals surface area (Å²) >= 11 is 5.68. The van der Waals surface area contributed by atoms with E-state index in [1.165, 1.54) is 7.11 Å². The Morgan fingerprint density at radius 1 is 1.78 bits per heavy atom. The van der Waals surface area contributed by atoms with Gasteiger partial charge in [0.15, 0.2) is 0 Å².